The number of methoxy groups -OCH3 is 1. The van der Waals surface area contributed by atoms with E-state index >= 15 is 0 Å². The summed E-state index contributed by atoms with van der Waals surface area (Å²) in [6.07, 6.45) is -3.05. The summed E-state index contributed by atoms with van der Waals surface area (Å²) >= 11 is 0. The first kappa shape index (κ1) is 34.3. The zero-order chi connectivity index (χ0) is 33.6. The third kappa shape index (κ3) is 9.70. The first-order chi connectivity index (χ1) is 21.6. The van der Waals surface area contributed by atoms with Crippen LogP contribution in [0.1, 0.15) is 0 Å². The van der Waals surface area contributed by atoms with Gasteiger partial charge in [-0.25, -0.2) is 15.0 Å². The Morgan fingerprint density at radius 1 is 0.630 bits per heavy atom. The second kappa shape index (κ2) is 14.2. The summed E-state index contributed by atoms with van der Waals surface area (Å²) < 4.78 is 77.4. The Balaban J connectivity index is 1.67. The lowest BCUT2D eigenvalue weighted by Gasteiger charge is -2.14. The van der Waals surface area contributed by atoms with Gasteiger partial charge < -0.3 is 34.6 Å². The molecule has 4 rings (SSSR count). The van der Waals surface area contributed by atoms with E-state index in [9.17, 15) is 37.3 Å². The quantitative estimate of drug-likeness (QED) is 0.103. The van der Waals surface area contributed by atoms with Crippen LogP contribution >= 0.6 is 0 Å². The highest BCUT2D eigenvalue weighted by Crippen LogP contribution is 2.36. The van der Waals surface area contributed by atoms with Gasteiger partial charge in [-0.3, -0.25) is 9.11 Å². The lowest BCUT2D eigenvalue weighted by molar-refractivity contribution is 0.123. The van der Waals surface area contributed by atoms with E-state index in [-0.39, 0.29) is 51.6 Å². The topological polar surface area (TPSA) is 256 Å². The third-order valence-electron chi connectivity index (χ3n) is 6.09. The number of aromatic hydroxyl groups is 2. The predicted molar refractivity (Wildman–Crippen MR) is 162 cm³/mol. The van der Waals surface area contributed by atoms with E-state index in [1.807, 2.05) is 0 Å². The highest BCUT2D eigenvalue weighted by Gasteiger charge is 2.20. The van der Waals surface area contributed by atoms with Crippen LogP contribution in [0.15, 0.2) is 60.7 Å². The molecule has 0 bridgehead atoms. The molecule has 4 aromatic rings. The molecule has 0 saturated heterocycles. The molecule has 1 heterocycles. The summed E-state index contributed by atoms with van der Waals surface area (Å²) in [7, 11) is -7.35. The summed E-state index contributed by atoms with van der Waals surface area (Å²) in [5.41, 5.74) is 0.776. The van der Waals surface area contributed by atoms with Gasteiger partial charge in [-0.2, -0.15) is 16.8 Å². The van der Waals surface area contributed by atoms with Crippen molar-refractivity contribution in [3.63, 3.8) is 0 Å². The van der Waals surface area contributed by atoms with Crippen molar-refractivity contribution in [1.29, 1.82) is 0 Å². The third-order valence-corrected chi connectivity index (χ3v) is 7.71. The lowest BCUT2D eigenvalue weighted by atomic mass is 10.1. The average Bonchev–Trinajstić information content (AvgIpc) is 2.97. The molecular weight excluding hydrogens is 650 g/mol. The highest BCUT2D eigenvalue weighted by atomic mass is 32.2. The summed E-state index contributed by atoms with van der Waals surface area (Å²) in [4.78, 5) is 13.4. The normalized spacial score (nSPS) is 13.2. The second-order valence-corrected chi connectivity index (χ2v) is 12.8. The van der Waals surface area contributed by atoms with E-state index in [1.165, 1.54) is 43.5 Å². The van der Waals surface area contributed by atoms with Gasteiger partial charge in [0.25, 0.3) is 20.2 Å². The number of ether oxygens (including phenoxy) is 3. The number of phenols is 2. The van der Waals surface area contributed by atoms with E-state index in [4.69, 9.17) is 23.3 Å². The smallest absolute Gasteiger partial charge is 0.267 e. The maximum absolute atomic E-state index is 11.0. The van der Waals surface area contributed by atoms with Crippen LogP contribution in [0.4, 0.5) is 0 Å². The van der Waals surface area contributed by atoms with E-state index in [1.54, 1.807) is 24.3 Å². The first-order valence-corrected chi connectivity index (χ1v) is 16.4. The van der Waals surface area contributed by atoms with Crippen LogP contribution in [-0.4, -0.2) is 105 Å². The molecule has 0 aliphatic heterocycles. The van der Waals surface area contributed by atoms with Gasteiger partial charge in [0.2, 0.25) is 0 Å². The maximum Gasteiger partial charge on any atom is 0.267 e. The maximum atomic E-state index is 11.0. The van der Waals surface area contributed by atoms with Crippen LogP contribution in [-0.2, 0) is 20.2 Å². The zero-order valence-electron chi connectivity index (χ0n) is 24.0. The van der Waals surface area contributed by atoms with Crippen LogP contribution < -0.4 is 14.2 Å². The molecule has 46 heavy (non-hydrogen) atoms. The van der Waals surface area contributed by atoms with Crippen molar-refractivity contribution in [2.75, 3.05) is 31.8 Å². The fourth-order valence-corrected chi connectivity index (χ4v) is 5.20. The largest absolute Gasteiger partial charge is 0.507 e. The number of aliphatic hydroxyl groups is 2. The molecule has 2 unspecified atom stereocenters. The molecule has 0 aliphatic rings. The minimum atomic E-state index is -4.43. The molecule has 0 radical (unpaired) electrons. The van der Waals surface area contributed by atoms with E-state index in [2.05, 4.69) is 15.0 Å². The molecule has 6 N–H and O–H groups in total. The number of hydrogen-bond acceptors (Lipinski definition) is 14. The minimum Gasteiger partial charge on any atom is -0.507 e. The predicted octanol–water partition coefficient (Wildman–Crippen LogP) is 1.55. The van der Waals surface area contributed by atoms with Crippen LogP contribution in [0.25, 0.3) is 34.2 Å². The summed E-state index contributed by atoms with van der Waals surface area (Å²) in [6, 6.07) is 14.7. The van der Waals surface area contributed by atoms with E-state index < -0.39 is 57.2 Å². The Bertz CT molecular complexity index is 1790. The Hall–Kier alpha value is -4.59. The standard InChI is InChI=1S/C28H29N3O13S2/c1-42-19-4-2-16(3-5-19)26-29-27(22-8-6-20(10-24(22)34)43-12-17(32)14-45(36,37)38)31-28(30-26)23-9-7-21(11-25(23)35)44-13-18(33)15-46(39,40)41/h2-11,17-18,32-35H,12-15H2,1H3,(H,36,37,38)(H,39,40,41). The number of aromatic nitrogens is 3. The van der Waals surface area contributed by atoms with Crippen molar-refractivity contribution < 1.29 is 60.6 Å². The van der Waals surface area contributed by atoms with Crippen molar-refractivity contribution in [2.24, 2.45) is 0 Å². The Labute approximate surface area is 263 Å². The molecule has 16 nitrogen and oxygen atoms in total. The van der Waals surface area contributed by atoms with Crippen molar-refractivity contribution in [3.8, 4) is 62.9 Å². The molecule has 0 amide bonds. The second-order valence-electron chi connectivity index (χ2n) is 9.82. The lowest BCUT2D eigenvalue weighted by Crippen LogP contribution is -2.26. The van der Waals surface area contributed by atoms with Gasteiger partial charge in [0.05, 0.1) is 18.2 Å². The molecule has 3 aromatic carbocycles. The average molecular weight is 680 g/mol. The molecule has 0 fully saturated rings. The van der Waals surface area contributed by atoms with Crippen molar-refractivity contribution in [3.05, 3.63) is 60.7 Å². The monoisotopic (exact) mass is 679 g/mol. The fraction of sp³-hybridized carbons (Fsp3) is 0.250. The van der Waals surface area contributed by atoms with Gasteiger partial charge in [-0.05, 0) is 48.5 Å². The number of benzene rings is 3. The summed E-state index contributed by atoms with van der Waals surface area (Å²) in [5, 5.41) is 41.2. The molecule has 2 atom stereocenters. The van der Waals surface area contributed by atoms with Gasteiger partial charge in [-0.1, -0.05) is 0 Å². The number of phenolic OH excluding ortho intramolecular Hbond substituents is 2. The number of nitrogens with zero attached hydrogens (tertiary/aromatic N) is 3. The summed E-state index contributed by atoms with van der Waals surface area (Å²) in [5.74, 6) is -1.74. The Morgan fingerprint density at radius 3 is 1.39 bits per heavy atom. The van der Waals surface area contributed by atoms with Gasteiger partial charge in [0.15, 0.2) is 17.5 Å². The number of aliphatic hydroxyl groups excluding tert-OH is 2. The van der Waals surface area contributed by atoms with Crippen molar-refractivity contribution in [1.82, 2.24) is 15.0 Å². The van der Waals surface area contributed by atoms with Gasteiger partial charge in [-0.15, -0.1) is 0 Å². The van der Waals surface area contributed by atoms with Crippen molar-refractivity contribution in [2.45, 2.75) is 12.2 Å². The fourth-order valence-electron chi connectivity index (χ4n) is 4.03. The SMILES string of the molecule is COc1ccc(-c2nc(-c3ccc(OCC(O)CS(=O)(=O)O)cc3O)nc(-c3ccc(OCC(O)CS(=O)(=O)O)cc3O)n2)cc1. The van der Waals surface area contributed by atoms with E-state index in [0.717, 1.165) is 0 Å². The molecule has 18 heteroatoms. The van der Waals surface area contributed by atoms with Crippen LogP contribution in [0.3, 0.4) is 0 Å². The molecule has 1 aromatic heterocycles. The van der Waals surface area contributed by atoms with Crippen LogP contribution in [0.2, 0.25) is 0 Å². The van der Waals surface area contributed by atoms with E-state index in [0.29, 0.717) is 11.3 Å². The van der Waals surface area contributed by atoms with Crippen LogP contribution in [0.5, 0.6) is 28.7 Å². The zero-order valence-corrected chi connectivity index (χ0v) is 25.6. The van der Waals surface area contributed by atoms with Crippen LogP contribution in [0, 0.1) is 0 Å². The Morgan fingerprint density at radius 2 is 1.02 bits per heavy atom. The highest BCUT2D eigenvalue weighted by molar-refractivity contribution is 7.86. The molecule has 0 aliphatic carbocycles. The number of hydrogen-bond donors (Lipinski definition) is 6. The van der Waals surface area contributed by atoms with Crippen molar-refractivity contribution >= 4 is 20.2 Å². The first-order valence-electron chi connectivity index (χ1n) is 13.2. The minimum absolute atomic E-state index is 0.0145. The number of rotatable bonds is 14. The molecule has 0 saturated carbocycles. The summed E-state index contributed by atoms with van der Waals surface area (Å²) in [6.45, 7) is -0.983. The van der Waals surface area contributed by atoms with Gasteiger partial charge >= 0.3 is 0 Å². The molecule has 0 spiro atoms. The molecular formula is C28H29N3O13S2. The Kier molecular flexibility index (Phi) is 10.6. The van der Waals surface area contributed by atoms with Gasteiger partial charge in [0.1, 0.15) is 65.7 Å². The molecule has 246 valence electrons. The van der Waals surface area contributed by atoms with Gasteiger partial charge in [0, 0.05) is 17.7 Å².